The summed E-state index contributed by atoms with van der Waals surface area (Å²) in [5, 5.41) is 4.83. The Bertz CT molecular complexity index is 621. The molecule has 0 spiro atoms. The first-order chi connectivity index (χ1) is 10.7. The summed E-state index contributed by atoms with van der Waals surface area (Å²) in [6.45, 7) is 6.18. The van der Waals surface area contributed by atoms with Crippen LogP contribution >= 0.6 is 22.6 Å². The zero-order chi connectivity index (χ0) is 17.6. The largest absolute Gasteiger partial charge is 0.504 e. The normalized spacial score (nSPS) is 11.2. The van der Waals surface area contributed by atoms with Gasteiger partial charge >= 0.3 is 6.03 Å². The third kappa shape index (κ3) is 5.74. The number of ether oxygens (including phenoxy) is 2. The highest BCUT2D eigenvalue weighted by Crippen LogP contribution is 2.37. The molecule has 0 radical (unpaired) electrons. The van der Waals surface area contributed by atoms with E-state index in [1.807, 2.05) is 6.07 Å². The number of urea groups is 1. The molecule has 1 aromatic rings. The molecule has 0 aliphatic rings. The highest BCUT2D eigenvalue weighted by atomic mass is 127. The lowest BCUT2D eigenvalue weighted by Gasteiger charge is -2.24. The van der Waals surface area contributed by atoms with Gasteiger partial charge in [0.25, 0.3) is 5.91 Å². The maximum atomic E-state index is 11.9. The molecule has 0 saturated carbocycles. The molecule has 0 bridgehead atoms. The Morgan fingerprint density at radius 2 is 1.87 bits per heavy atom. The summed E-state index contributed by atoms with van der Waals surface area (Å²) >= 11 is 2.15. The van der Waals surface area contributed by atoms with Gasteiger partial charge in [-0.2, -0.15) is 0 Å². The van der Waals surface area contributed by atoms with Gasteiger partial charge in [0.1, 0.15) is 5.75 Å². The Hall–Kier alpha value is -1.77. The summed E-state index contributed by atoms with van der Waals surface area (Å²) in [5.74, 6) is 0.215. The number of anilines is 1. The second kappa shape index (κ2) is 8.19. The molecular formula is C16H21IN2O4. The number of benzene rings is 1. The number of carbonyl (C=O) groups excluding carboxylic acids is 2. The second-order valence-electron chi connectivity index (χ2n) is 5.77. The predicted octanol–water partition coefficient (Wildman–Crippen LogP) is 3.41. The maximum absolute atomic E-state index is 11.9. The zero-order valence-electron chi connectivity index (χ0n) is 13.8. The maximum Gasteiger partial charge on any atom is 0.326 e. The molecule has 0 aliphatic heterocycles. The van der Waals surface area contributed by atoms with Crippen LogP contribution in [-0.4, -0.2) is 26.2 Å². The number of methoxy groups -OCH3 is 2. The van der Waals surface area contributed by atoms with Gasteiger partial charge in [-0.1, -0.05) is 20.8 Å². The molecule has 7 heteroatoms. The first-order valence-corrected chi connectivity index (χ1v) is 7.96. The van der Waals surface area contributed by atoms with Gasteiger partial charge in [-0.15, -0.1) is 0 Å². The first kappa shape index (κ1) is 19.3. The Morgan fingerprint density at radius 1 is 1.22 bits per heavy atom. The van der Waals surface area contributed by atoms with E-state index >= 15 is 0 Å². The van der Waals surface area contributed by atoms with Gasteiger partial charge in [0, 0.05) is 17.3 Å². The lowest BCUT2D eigenvalue weighted by molar-refractivity contribution is -0.115. The van der Waals surface area contributed by atoms with Crippen LogP contribution in [0.3, 0.4) is 0 Å². The molecule has 0 atom stereocenters. The monoisotopic (exact) mass is 432 g/mol. The van der Waals surface area contributed by atoms with Gasteiger partial charge in [-0.25, -0.2) is 4.79 Å². The van der Waals surface area contributed by atoms with Crippen molar-refractivity contribution in [2.24, 2.45) is 0 Å². The minimum absolute atomic E-state index is 0.156. The van der Waals surface area contributed by atoms with Gasteiger partial charge in [-0.05, 0) is 40.1 Å². The van der Waals surface area contributed by atoms with Crippen molar-refractivity contribution < 1.29 is 19.1 Å². The van der Waals surface area contributed by atoms with Crippen molar-refractivity contribution in [3.63, 3.8) is 0 Å². The Morgan fingerprint density at radius 3 is 2.39 bits per heavy atom. The fourth-order valence-corrected chi connectivity index (χ4v) is 2.72. The van der Waals surface area contributed by atoms with E-state index in [2.05, 4.69) is 58.7 Å². The molecule has 0 heterocycles. The van der Waals surface area contributed by atoms with Crippen molar-refractivity contribution in [1.29, 1.82) is 0 Å². The number of hydrogen-bond acceptors (Lipinski definition) is 4. The van der Waals surface area contributed by atoms with E-state index in [1.165, 1.54) is 13.4 Å². The summed E-state index contributed by atoms with van der Waals surface area (Å²) in [5.41, 5.74) is 1.39. The van der Waals surface area contributed by atoms with Crippen molar-refractivity contribution in [2.45, 2.75) is 26.2 Å². The van der Waals surface area contributed by atoms with E-state index in [0.717, 1.165) is 21.0 Å². The van der Waals surface area contributed by atoms with Gasteiger partial charge < -0.3 is 14.8 Å². The molecule has 23 heavy (non-hydrogen) atoms. The highest BCUT2D eigenvalue weighted by Gasteiger charge is 2.22. The summed E-state index contributed by atoms with van der Waals surface area (Å²) in [6.07, 6.45) is 2.31. The predicted molar refractivity (Wildman–Crippen MR) is 97.7 cm³/mol. The Labute approximate surface area is 149 Å². The molecule has 0 aliphatic carbocycles. The molecular weight excluding hydrogens is 411 g/mol. The number of nitrogens with one attached hydrogen (secondary N) is 2. The molecule has 3 amide bonds. The molecule has 0 fully saturated rings. The summed E-state index contributed by atoms with van der Waals surface area (Å²) in [6, 6.07) is 3.01. The van der Waals surface area contributed by atoms with E-state index in [-0.39, 0.29) is 5.41 Å². The average molecular weight is 432 g/mol. The summed E-state index contributed by atoms with van der Waals surface area (Å²) in [4.78, 5) is 23.3. The standard InChI is InChI=1S/C16H21IN2O4/c1-16(2,3)11-8-10(9-12(17)14(11)23-5)18-15(21)19-13(20)6-7-22-4/h6-9H,1-5H3,(H2,18,19,20,21)/b7-6+. The zero-order valence-corrected chi connectivity index (χ0v) is 16.0. The van der Waals surface area contributed by atoms with Crippen LogP contribution in [-0.2, 0) is 14.9 Å². The van der Waals surface area contributed by atoms with Crippen molar-refractivity contribution in [2.75, 3.05) is 19.5 Å². The molecule has 1 aromatic carbocycles. The number of carbonyl (C=O) groups is 2. The SMILES string of the molecule is CO/C=C/C(=O)NC(=O)Nc1cc(I)c(OC)c(C(C)(C)C)c1. The number of hydrogen-bond donors (Lipinski definition) is 2. The summed E-state index contributed by atoms with van der Waals surface area (Å²) in [7, 11) is 3.03. The van der Waals surface area contributed by atoms with Gasteiger partial charge in [0.2, 0.25) is 0 Å². The molecule has 0 aromatic heterocycles. The Balaban J connectivity index is 2.97. The quantitative estimate of drug-likeness (QED) is 0.435. The second-order valence-corrected chi connectivity index (χ2v) is 6.93. The van der Waals surface area contributed by atoms with Crippen molar-refractivity contribution in [3.8, 4) is 5.75 Å². The average Bonchev–Trinajstić information content (AvgIpc) is 2.43. The molecule has 1 rings (SSSR count). The van der Waals surface area contributed by atoms with E-state index in [0.29, 0.717) is 5.69 Å². The van der Waals surface area contributed by atoms with E-state index in [1.54, 1.807) is 13.2 Å². The van der Waals surface area contributed by atoms with Crippen LogP contribution in [0.15, 0.2) is 24.5 Å². The van der Waals surface area contributed by atoms with Crippen LogP contribution in [0.2, 0.25) is 0 Å². The van der Waals surface area contributed by atoms with Crippen LogP contribution in [0.4, 0.5) is 10.5 Å². The molecule has 0 unspecified atom stereocenters. The topological polar surface area (TPSA) is 76.7 Å². The fraction of sp³-hybridized carbons (Fsp3) is 0.375. The van der Waals surface area contributed by atoms with Crippen LogP contribution < -0.4 is 15.4 Å². The van der Waals surface area contributed by atoms with E-state index < -0.39 is 11.9 Å². The fourth-order valence-electron chi connectivity index (χ4n) is 1.88. The van der Waals surface area contributed by atoms with Crippen LogP contribution in [0.5, 0.6) is 5.75 Å². The smallest absolute Gasteiger partial charge is 0.326 e. The number of halogens is 1. The lowest BCUT2D eigenvalue weighted by atomic mass is 9.86. The third-order valence-electron chi connectivity index (χ3n) is 2.91. The lowest BCUT2D eigenvalue weighted by Crippen LogP contribution is -2.33. The van der Waals surface area contributed by atoms with Gasteiger partial charge in [0.15, 0.2) is 0 Å². The van der Waals surface area contributed by atoms with Crippen molar-refractivity contribution >= 4 is 40.2 Å². The van der Waals surface area contributed by atoms with E-state index in [9.17, 15) is 9.59 Å². The van der Waals surface area contributed by atoms with Crippen LogP contribution in [0.1, 0.15) is 26.3 Å². The van der Waals surface area contributed by atoms with Crippen molar-refractivity contribution in [3.05, 3.63) is 33.6 Å². The molecule has 6 nitrogen and oxygen atoms in total. The highest BCUT2D eigenvalue weighted by molar-refractivity contribution is 14.1. The molecule has 126 valence electrons. The molecule has 0 saturated heterocycles. The minimum Gasteiger partial charge on any atom is -0.504 e. The minimum atomic E-state index is -0.614. The van der Waals surface area contributed by atoms with Crippen LogP contribution in [0, 0.1) is 3.57 Å². The number of imide groups is 1. The van der Waals surface area contributed by atoms with E-state index in [4.69, 9.17) is 4.74 Å². The molecule has 2 N–H and O–H groups in total. The first-order valence-electron chi connectivity index (χ1n) is 6.88. The van der Waals surface area contributed by atoms with Crippen LogP contribution in [0.25, 0.3) is 0 Å². The number of rotatable bonds is 4. The van der Waals surface area contributed by atoms with Gasteiger partial charge in [-0.3, -0.25) is 10.1 Å². The number of amides is 3. The Kier molecular flexibility index (Phi) is 6.86. The van der Waals surface area contributed by atoms with Gasteiger partial charge in [0.05, 0.1) is 24.1 Å². The third-order valence-corrected chi connectivity index (χ3v) is 3.71. The van der Waals surface area contributed by atoms with Crippen molar-refractivity contribution in [1.82, 2.24) is 5.32 Å². The summed E-state index contributed by atoms with van der Waals surface area (Å²) < 4.78 is 11.0.